The van der Waals surface area contributed by atoms with Gasteiger partial charge in [0.25, 0.3) is 0 Å². The third-order valence-electron chi connectivity index (χ3n) is 4.50. The maximum absolute atomic E-state index is 12.2. The molecule has 1 spiro atoms. The topological polar surface area (TPSA) is 52.9 Å². The largest absolute Gasteiger partial charge is 0.355 e. The zero-order chi connectivity index (χ0) is 12.6. The van der Waals surface area contributed by atoms with Gasteiger partial charge in [-0.05, 0) is 30.5 Å². The molecule has 1 aliphatic heterocycles. The van der Waals surface area contributed by atoms with Gasteiger partial charge in [0.2, 0.25) is 5.91 Å². The second kappa shape index (κ2) is 4.13. The van der Waals surface area contributed by atoms with Gasteiger partial charge in [-0.25, -0.2) is 0 Å². The molecule has 0 radical (unpaired) electrons. The lowest BCUT2D eigenvalue weighted by Gasteiger charge is -2.28. The second-order valence-electron chi connectivity index (χ2n) is 5.36. The standard InChI is InChI=1S/C15H16N2O/c16-9-11-4-3-5-12(8-11)13-10-17-14(18)15(13)6-1-2-7-15/h3-5,8,13H,1-2,6-7,10H2,(H,17,18)/t13-/m1/s1. The van der Waals surface area contributed by atoms with E-state index in [1.54, 1.807) is 0 Å². The molecule has 1 amide bonds. The summed E-state index contributed by atoms with van der Waals surface area (Å²) in [7, 11) is 0. The SMILES string of the molecule is N#Cc1cccc([C@H]2CNC(=O)C23CCCC3)c1. The maximum atomic E-state index is 12.2. The van der Waals surface area contributed by atoms with Gasteiger partial charge in [-0.1, -0.05) is 25.0 Å². The Hall–Kier alpha value is -1.82. The summed E-state index contributed by atoms with van der Waals surface area (Å²) in [5.41, 5.74) is 1.61. The van der Waals surface area contributed by atoms with Crippen LogP contribution in [0.4, 0.5) is 0 Å². The number of hydrogen-bond acceptors (Lipinski definition) is 2. The molecule has 3 heteroatoms. The van der Waals surface area contributed by atoms with E-state index in [2.05, 4.69) is 11.4 Å². The van der Waals surface area contributed by atoms with Gasteiger partial charge in [0.1, 0.15) is 0 Å². The van der Waals surface area contributed by atoms with E-state index in [1.807, 2.05) is 24.3 Å². The number of nitriles is 1. The summed E-state index contributed by atoms with van der Waals surface area (Å²) < 4.78 is 0. The maximum Gasteiger partial charge on any atom is 0.226 e. The summed E-state index contributed by atoms with van der Waals surface area (Å²) in [6, 6.07) is 9.89. The highest BCUT2D eigenvalue weighted by Crippen LogP contribution is 2.51. The number of nitrogens with zero attached hydrogens (tertiary/aromatic N) is 1. The van der Waals surface area contributed by atoms with Crippen molar-refractivity contribution in [1.82, 2.24) is 5.32 Å². The Labute approximate surface area is 107 Å². The van der Waals surface area contributed by atoms with Gasteiger partial charge in [-0.15, -0.1) is 0 Å². The average molecular weight is 240 g/mol. The molecule has 1 heterocycles. The van der Waals surface area contributed by atoms with Gasteiger partial charge in [0.05, 0.1) is 17.0 Å². The Morgan fingerprint density at radius 1 is 1.33 bits per heavy atom. The lowest BCUT2D eigenvalue weighted by atomic mass is 9.72. The number of benzene rings is 1. The molecule has 3 rings (SSSR count). The zero-order valence-corrected chi connectivity index (χ0v) is 10.3. The molecule has 2 fully saturated rings. The minimum absolute atomic E-state index is 0.200. The van der Waals surface area contributed by atoms with Crippen LogP contribution in [0.15, 0.2) is 24.3 Å². The molecule has 1 atom stereocenters. The van der Waals surface area contributed by atoms with E-state index < -0.39 is 0 Å². The van der Waals surface area contributed by atoms with Crippen LogP contribution in [-0.4, -0.2) is 12.5 Å². The Morgan fingerprint density at radius 3 is 2.83 bits per heavy atom. The van der Waals surface area contributed by atoms with Crippen LogP contribution < -0.4 is 5.32 Å². The molecule has 0 bridgehead atoms. The predicted molar refractivity (Wildman–Crippen MR) is 67.8 cm³/mol. The van der Waals surface area contributed by atoms with E-state index in [4.69, 9.17) is 5.26 Å². The summed E-state index contributed by atoms with van der Waals surface area (Å²) in [5, 5.41) is 12.0. The average Bonchev–Trinajstić information content (AvgIpc) is 3.00. The third-order valence-corrected chi connectivity index (χ3v) is 4.50. The van der Waals surface area contributed by atoms with E-state index >= 15 is 0 Å². The Balaban J connectivity index is 2.00. The van der Waals surface area contributed by atoms with Crippen LogP contribution in [0.5, 0.6) is 0 Å². The van der Waals surface area contributed by atoms with Gasteiger partial charge in [0.15, 0.2) is 0 Å². The Bertz CT molecular complexity index is 524. The van der Waals surface area contributed by atoms with Crippen molar-refractivity contribution in [3.05, 3.63) is 35.4 Å². The molecule has 0 aromatic heterocycles. The molecule has 1 saturated carbocycles. The number of amides is 1. The molecular formula is C15H16N2O. The highest BCUT2D eigenvalue weighted by atomic mass is 16.2. The van der Waals surface area contributed by atoms with Gasteiger partial charge in [-0.2, -0.15) is 5.26 Å². The van der Waals surface area contributed by atoms with E-state index in [1.165, 1.54) is 0 Å². The number of nitrogens with one attached hydrogen (secondary N) is 1. The van der Waals surface area contributed by atoms with Gasteiger partial charge >= 0.3 is 0 Å². The van der Waals surface area contributed by atoms with Gasteiger partial charge in [-0.3, -0.25) is 4.79 Å². The fraction of sp³-hybridized carbons (Fsp3) is 0.467. The summed E-state index contributed by atoms with van der Waals surface area (Å²) in [4.78, 5) is 12.2. The number of carbonyl (C=O) groups is 1. The van der Waals surface area contributed by atoms with Crippen LogP contribution in [0.2, 0.25) is 0 Å². The van der Waals surface area contributed by atoms with Crippen LogP contribution >= 0.6 is 0 Å². The van der Waals surface area contributed by atoms with Crippen LogP contribution in [-0.2, 0) is 4.79 Å². The monoisotopic (exact) mass is 240 g/mol. The first-order valence-electron chi connectivity index (χ1n) is 6.55. The first kappa shape index (κ1) is 11.3. The lowest BCUT2D eigenvalue weighted by molar-refractivity contribution is -0.127. The highest BCUT2D eigenvalue weighted by molar-refractivity contribution is 5.86. The molecule has 1 aromatic carbocycles. The van der Waals surface area contributed by atoms with Gasteiger partial charge in [0, 0.05) is 12.5 Å². The minimum atomic E-state index is -0.200. The van der Waals surface area contributed by atoms with Gasteiger partial charge < -0.3 is 5.32 Å². The molecule has 18 heavy (non-hydrogen) atoms. The molecule has 0 unspecified atom stereocenters. The van der Waals surface area contributed by atoms with Crippen molar-refractivity contribution in [2.24, 2.45) is 5.41 Å². The molecule has 1 saturated heterocycles. The fourth-order valence-electron chi connectivity index (χ4n) is 3.57. The number of rotatable bonds is 1. The van der Waals surface area contributed by atoms with Crippen LogP contribution in [0, 0.1) is 16.7 Å². The summed E-state index contributed by atoms with van der Waals surface area (Å²) >= 11 is 0. The normalized spacial score (nSPS) is 25.1. The predicted octanol–water partition coefficient (Wildman–Crippen LogP) is 2.33. The molecule has 92 valence electrons. The molecular weight excluding hydrogens is 224 g/mol. The highest BCUT2D eigenvalue weighted by Gasteiger charge is 2.51. The van der Waals surface area contributed by atoms with Crippen molar-refractivity contribution in [1.29, 1.82) is 5.26 Å². The summed E-state index contributed by atoms with van der Waals surface area (Å²) in [5.74, 6) is 0.452. The molecule has 1 N–H and O–H groups in total. The minimum Gasteiger partial charge on any atom is -0.355 e. The van der Waals surface area contributed by atoms with Crippen molar-refractivity contribution in [3.63, 3.8) is 0 Å². The van der Waals surface area contributed by atoms with Crippen LogP contribution in [0.25, 0.3) is 0 Å². The van der Waals surface area contributed by atoms with E-state index in [-0.39, 0.29) is 17.2 Å². The quantitative estimate of drug-likeness (QED) is 0.819. The zero-order valence-electron chi connectivity index (χ0n) is 10.3. The fourth-order valence-corrected chi connectivity index (χ4v) is 3.57. The van der Waals surface area contributed by atoms with E-state index in [0.29, 0.717) is 12.1 Å². The first-order valence-corrected chi connectivity index (χ1v) is 6.55. The van der Waals surface area contributed by atoms with E-state index in [0.717, 1.165) is 31.2 Å². The first-order chi connectivity index (χ1) is 8.76. The lowest BCUT2D eigenvalue weighted by Crippen LogP contribution is -2.31. The number of hydrogen-bond donors (Lipinski definition) is 1. The van der Waals surface area contributed by atoms with E-state index in [9.17, 15) is 4.79 Å². The van der Waals surface area contributed by atoms with Crippen molar-refractivity contribution < 1.29 is 4.79 Å². The van der Waals surface area contributed by atoms with Crippen molar-refractivity contribution in [2.75, 3.05) is 6.54 Å². The molecule has 3 nitrogen and oxygen atoms in total. The summed E-state index contributed by atoms with van der Waals surface area (Å²) in [6.45, 7) is 0.716. The van der Waals surface area contributed by atoms with Crippen molar-refractivity contribution in [2.45, 2.75) is 31.6 Å². The Morgan fingerprint density at radius 2 is 2.11 bits per heavy atom. The van der Waals surface area contributed by atoms with Crippen LogP contribution in [0.1, 0.15) is 42.7 Å². The van der Waals surface area contributed by atoms with Crippen LogP contribution in [0.3, 0.4) is 0 Å². The molecule has 2 aliphatic rings. The smallest absolute Gasteiger partial charge is 0.226 e. The summed E-state index contributed by atoms with van der Waals surface area (Å²) in [6.07, 6.45) is 4.25. The molecule has 1 aliphatic carbocycles. The van der Waals surface area contributed by atoms with Crippen molar-refractivity contribution in [3.8, 4) is 6.07 Å². The molecule has 1 aromatic rings. The second-order valence-corrected chi connectivity index (χ2v) is 5.36. The number of carbonyl (C=O) groups excluding carboxylic acids is 1. The third kappa shape index (κ3) is 1.53. The Kier molecular flexibility index (Phi) is 2.59. The van der Waals surface area contributed by atoms with Crippen molar-refractivity contribution >= 4 is 5.91 Å².